The fourth-order valence-electron chi connectivity index (χ4n) is 3.31. The largest absolute Gasteiger partial charge is 0.339 e. The molecule has 9 heteroatoms. The zero-order valence-corrected chi connectivity index (χ0v) is 16.9. The number of nitrogens with one attached hydrogen (secondary N) is 2. The molecule has 30 heavy (non-hydrogen) atoms. The van der Waals surface area contributed by atoms with E-state index in [9.17, 15) is 23.2 Å². The van der Waals surface area contributed by atoms with Gasteiger partial charge < -0.3 is 15.5 Å². The van der Waals surface area contributed by atoms with Crippen molar-refractivity contribution in [3.63, 3.8) is 0 Å². The smallest absolute Gasteiger partial charge is 0.256 e. The maximum absolute atomic E-state index is 13.9. The van der Waals surface area contributed by atoms with Crippen LogP contribution >= 0.6 is 11.6 Å². The van der Waals surface area contributed by atoms with Crippen LogP contribution in [-0.2, 0) is 9.59 Å². The number of likely N-dealkylation sites (tertiary alicyclic amines) is 1. The van der Waals surface area contributed by atoms with Gasteiger partial charge in [-0.05, 0) is 43.2 Å². The molecule has 0 saturated carbocycles. The number of nitrogens with zero attached hydrogens (tertiary/aromatic N) is 1. The average molecular weight is 436 g/mol. The maximum atomic E-state index is 13.9. The van der Waals surface area contributed by atoms with Crippen LogP contribution in [0.4, 0.5) is 20.2 Å². The summed E-state index contributed by atoms with van der Waals surface area (Å²) in [6.45, 7) is 1.94. The minimum absolute atomic E-state index is 0.189. The van der Waals surface area contributed by atoms with Gasteiger partial charge in [0.25, 0.3) is 5.91 Å². The van der Waals surface area contributed by atoms with Crippen LogP contribution in [0.15, 0.2) is 36.4 Å². The summed E-state index contributed by atoms with van der Waals surface area (Å²) in [5, 5.41) is 5.65. The number of piperidine rings is 1. The number of anilines is 2. The summed E-state index contributed by atoms with van der Waals surface area (Å²) in [4.78, 5) is 37.6. The molecule has 0 radical (unpaired) electrons. The molecule has 1 fully saturated rings. The molecule has 0 aliphatic carbocycles. The Morgan fingerprint density at radius 2 is 1.73 bits per heavy atom. The van der Waals surface area contributed by atoms with Gasteiger partial charge in [-0.25, -0.2) is 8.78 Å². The van der Waals surface area contributed by atoms with Gasteiger partial charge in [-0.1, -0.05) is 11.6 Å². The molecule has 0 aromatic heterocycles. The highest BCUT2D eigenvalue weighted by Gasteiger charge is 2.29. The molecule has 3 amide bonds. The molecule has 1 aliphatic rings. The molecule has 2 N–H and O–H groups in total. The van der Waals surface area contributed by atoms with E-state index >= 15 is 0 Å². The monoisotopic (exact) mass is 435 g/mol. The van der Waals surface area contributed by atoms with Gasteiger partial charge >= 0.3 is 0 Å². The Labute approximate surface area is 177 Å². The van der Waals surface area contributed by atoms with Crippen molar-refractivity contribution in [1.29, 1.82) is 0 Å². The van der Waals surface area contributed by atoms with E-state index in [-0.39, 0.29) is 41.4 Å². The number of carbonyl (C=O) groups is 3. The lowest BCUT2D eigenvalue weighted by molar-refractivity contribution is -0.121. The second-order valence-electron chi connectivity index (χ2n) is 7.06. The van der Waals surface area contributed by atoms with Crippen LogP contribution in [0.25, 0.3) is 0 Å². The molecule has 1 aliphatic heterocycles. The zero-order chi connectivity index (χ0) is 21.8. The van der Waals surface area contributed by atoms with Crippen molar-refractivity contribution in [2.75, 3.05) is 23.7 Å². The molecule has 0 atom stereocenters. The normalized spacial score (nSPS) is 14.3. The van der Waals surface area contributed by atoms with Gasteiger partial charge in [0.2, 0.25) is 11.8 Å². The Morgan fingerprint density at radius 3 is 2.33 bits per heavy atom. The SMILES string of the molecule is CC(=O)Nc1ccc(NC(=O)C2CCN(C(=O)c3ccc(F)cc3F)CC2)c(Cl)c1. The molecule has 0 unspecified atom stereocenters. The number of benzene rings is 2. The number of amides is 3. The summed E-state index contributed by atoms with van der Waals surface area (Å²) < 4.78 is 26.9. The second-order valence-corrected chi connectivity index (χ2v) is 7.46. The maximum Gasteiger partial charge on any atom is 0.256 e. The van der Waals surface area contributed by atoms with Crippen LogP contribution in [0.2, 0.25) is 5.02 Å². The minimum atomic E-state index is -0.905. The predicted molar refractivity (Wildman–Crippen MR) is 109 cm³/mol. The van der Waals surface area contributed by atoms with Crippen LogP contribution < -0.4 is 10.6 Å². The number of halogens is 3. The summed E-state index contributed by atoms with van der Waals surface area (Å²) in [5.41, 5.74) is 0.748. The second kappa shape index (κ2) is 9.21. The van der Waals surface area contributed by atoms with E-state index in [2.05, 4.69) is 10.6 Å². The van der Waals surface area contributed by atoms with E-state index < -0.39 is 17.5 Å². The predicted octanol–water partition coefficient (Wildman–Crippen LogP) is 4.07. The van der Waals surface area contributed by atoms with Crippen LogP contribution in [-0.4, -0.2) is 35.7 Å². The first kappa shape index (κ1) is 21.7. The Hall–Kier alpha value is -3.00. The summed E-state index contributed by atoms with van der Waals surface area (Å²) in [5.74, 6) is -2.98. The van der Waals surface area contributed by atoms with Crippen LogP contribution in [0.5, 0.6) is 0 Å². The van der Waals surface area contributed by atoms with Crippen molar-refractivity contribution in [3.8, 4) is 0 Å². The van der Waals surface area contributed by atoms with Crippen LogP contribution in [0.1, 0.15) is 30.1 Å². The van der Waals surface area contributed by atoms with Gasteiger partial charge in [-0.15, -0.1) is 0 Å². The van der Waals surface area contributed by atoms with Crippen molar-refractivity contribution in [2.24, 2.45) is 5.92 Å². The first-order valence-corrected chi connectivity index (χ1v) is 9.74. The molecule has 2 aromatic rings. The molecule has 3 rings (SSSR count). The molecule has 0 spiro atoms. The van der Waals surface area contributed by atoms with E-state index in [1.807, 2.05) is 0 Å². The standard InChI is InChI=1S/C21H20ClF2N3O3/c1-12(28)25-15-3-5-19(17(22)11-15)26-20(29)13-6-8-27(9-7-13)21(30)16-4-2-14(23)10-18(16)24/h2-5,10-11,13H,6-9H2,1H3,(H,25,28)(H,26,29). The molecule has 158 valence electrons. The molecular weight excluding hydrogens is 416 g/mol. The molecule has 1 saturated heterocycles. The van der Waals surface area contributed by atoms with Gasteiger partial charge in [0.15, 0.2) is 0 Å². The quantitative estimate of drug-likeness (QED) is 0.760. The number of hydrogen-bond donors (Lipinski definition) is 2. The topological polar surface area (TPSA) is 78.5 Å². The Balaban J connectivity index is 1.57. The number of carbonyl (C=O) groups excluding carboxylic acids is 3. The minimum Gasteiger partial charge on any atom is -0.339 e. The van der Waals surface area contributed by atoms with Crippen LogP contribution in [0, 0.1) is 17.6 Å². The lowest BCUT2D eigenvalue weighted by Gasteiger charge is -2.31. The van der Waals surface area contributed by atoms with E-state index in [1.165, 1.54) is 17.9 Å². The number of rotatable bonds is 4. The van der Waals surface area contributed by atoms with Gasteiger partial charge in [-0.2, -0.15) is 0 Å². The van der Waals surface area contributed by atoms with E-state index in [4.69, 9.17) is 11.6 Å². The van der Waals surface area contributed by atoms with Crippen molar-refractivity contribution in [2.45, 2.75) is 19.8 Å². The molecule has 6 nitrogen and oxygen atoms in total. The summed E-state index contributed by atoms with van der Waals surface area (Å²) in [6.07, 6.45) is 0.809. The van der Waals surface area contributed by atoms with E-state index in [0.29, 0.717) is 30.3 Å². The first-order chi connectivity index (χ1) is 14.2. The molecular formula is C21H20ClF2N3O3. The van der Waals surface area contributed by atoms with E-state index in [1.54, 1.807) is 12.1 Å². The van der Waals surface area contributed by atoms with Gasteiger partial charge in [0, 0.05) is 37.7 Å². The van der Waals surface area contributed by atoms with E-state index in [0.717, 1.165) is 12.1 Å². The van der Waals surface area contributed by atoms with Gasteiger partial charge in [0.1, 0.15) is 11.6 Å². The lowest BCUT2D eigenvalue weighted by atomic mass is 9.95. The molecule has 0 bridgehead atoms. The number of hydrogen-bond acceptors (Lipinski definition) is 3. The summed E-state index contributed by atoms with van der Waals surface area (Å²) >= 11 is 6.17. The fraction of sp³-hybridized carbons (Fsp3) is 0.286. The third-order valence-electron chi connectivity index (χ3n) is 4.86. The Kier molecular flexibility index (Phi) is 6.66. The highest BCUT2D eigenvalue weighted by Crippen LogP contribution is 2.28. The highest BCUT2D eigenvalue weighted by molar-refractivity contribution is 6.34. The third kappa shape index (κ3) is 5.13. The zero-order valence-electron chi connectivity index (χ0n) is 16.2. The average Bonchev–Trinajstić information content (AvgIpc) is 2.69. The third-order valence-corrected chi connectivity index (χ3v) is 5.17. The van der Waals surface area contributed by atoms with Gasteiger partial charge in [0.05, 0.1) is 16.3 Å². The lowest BCUT2D eigenvalue weighted by Crippen LogP contribution is -2.41. The molecule has 1 heterocycles. The Morgan fingerprint density at radius 1 is 1.03 bits per heavy atom. The van der Waals surface area contributed by atoms with Crippen molar-refractivity contribution in [1.82, 2.24) is 4.90 Å². The van der Waals surface area contributed by atoms with Crippen LogP contribution in [0.3, 0.4) is 0 Å². The highest BCUT2D eigenvalue weighted by atomic mass is 35.5. The molecule has 2 aromatic carbocycles. The van der Waals surface area contributed by atoms with Crippen molar-refractivity contribution in [3.05, 3.63) is 58.6 Å². The van der Waals surface area contributed by atoms with Crippen molar-refractivity contribution >= 4 is 40.7 Å². The Bertz CT molecular complexity index is 991. The van der Waals surface area contributed by atoms with Crippen molar-refractivity contribution < 1.29 is 23.2 Å². The summed E-state index contributed by atoms with van der Waals surface area (Å²) in [6, 6.07) is 7.60. The fourth-order valence-corrected chi connectivity index (χ4v) is 3.54. The van der Waals surface area contributed by atoms with Gasteiger partial charge in [-0.3, -0.25) is 14.4 Å². The summed E-state index contributed by atoms with van der Waals surface area (Å²) in [7, 11) is 0. The first-order valence-electron chi connectivity index (χ1n) is 9.37.